The standard InChI is InChI=1S/C21H21FN2O4S/c1-13-11-17(14(2)24(13)20-23-9-10-29-20)18(25)12-27-19(26)21(3,4)28-16-7-5-15(22)6-8-16/h5-11H,12H2,1-4H3. The number of thiazole rings is 1. The number of halogens is 1. The zero-order valence-electron chi connectivity index (χ0n) is 16.6. The third-order valence-corrected chi connectivity index (χ3v) is 5.11. The Morgan fingerprint density at radius 3 is 2.52 bits per heavy atom. The van der Waals surface area contributed by atoms with E-state index in [4.69, 9.17) is 9.47 Å². The van der Waals surface area contributed by atoms with E-state index in [1.54, 1.807) is 12.3 Å². The molecule has 0 spiro atoms. The highest BCUT2D eigenvalue weighted by molar-refractivity contribution is 7.12. The number of carbonyl (C=O) groups is 2. The lowest BCUT2D eigenvalue weighted by atomic mass is 10.1. The first-order valence-electron chi connectivity index (χ1n) is 8.93. The second-order valence-corrected chi connectivity index (χ2v) is 7.87. The van der Waals surface area contributed by atoms with Gasteiger partial charge in [0.1, 0.15) is 11.6 Å². The van der Waals surface area contributed by atoms with Gasteiger partial charge in [-0.3, -0.25) is 9.36 Å². The highest BCUT2D eigenvalue weighted by Gasteiger charge is 2.33. The molecule has 0 saturated carbocycles. The number of esters is 1. The molecule has 2 aromatic heterocycles. The van der Waals surface area contributed by atoms with Gasteiger partial charge in [0.15, 0.2) is 17.3 Å². The number of ether oxygens (including phenoxy) is 2. The molecule has 3 rings (SSSR count). The van der Waals surface area contributed by atoms with E-state index in [0.717, 1.165) is 16.5 Å². The normalized spacial score (nSPS) is 11.3. The predicted octanol–water partition coefficient (Wildman–Crippen LogP) is 4.27. The smallest absolute Gasteiger partial charge is 0.350 e. The van der Waals surface area contributed by atoms with E-state index in [2.05, 4.69) is 4.98 Å². The third-order valence-electron chi connectivity index (χ3n) is 4.35. The zero-order chi connectivity index (χ0) is 21.2. The van der Waals surface area contributed by atoms with E-state index in [1.165, 1.54) is 49.4 Å². The number of carbonyl (C=O) groups excluding carboxylic acids is 2. The van der Waals surface area contributed by atoms with Gasteiger partial charge in [-0.25, -0.2) is 14.2 Å². The molecule has 0 N–H and O–H groups in total. The first-order valence-corrected chi connectivity index (χ1v) is 9.81. The summed E-state index contributed by atoms with van der Waals surface area (Å²) in [7, 11) is 0. The van der Waals surface area contributed by atoms with Crippen molar-refractivity contribution in [2.75, 3.05) is 6.61 Å². The van der Waals surface area contributed by atoms with Crippen molar-refractivity contribution >= 4 is 23.1 Å². The van der Waals surface area contributed by atoms with Crippen molar-refractivity contribution in [3.8, 4) is 10.9 Å². The van der Waals surface area contributed by atoms with Crippen LogP contribution in [0, 0.1) is 19.7 Å². The van der Waals surface area contributed by atoms with Crippen LogP contribution in [0.4, 0.5) is 4.39 Å². The Morgan fingerprint density at radius 1 is 1.21 bits per heavy atom. The first-order chi connectivity index (χ1) is 13.7. The summed E-state index contributed by atoms with van der Waals surface area (Å²) in [6, 6.07) is 7.07. The van der Waals surface area contributed by atoms with Gasteiger partial charge in [0.25, 0.3) is 0 Å². The van der Waals surface area contributed by atoms with Crippen LogP contribution in [-0.4, -0.2) is 33.5 Å². The average Bonchev–Trinajstić information content (AvgIpc) is 3.28. The Balaban J connectivity index is 1.66. The Bertz CT molecular complexity index is 1020. The van der Waals surface area contributed by atoms with Crippen LogP contribution in [-0.2, 0) is 9.53 Å². The molecule has 0 atom stereocenters. The van der Waals surface area contributed by atoms with Crippen LogP contribution in [0.25, 0.3) is 5.13 Å². The maximum Gasteiger partial charge on any atom is 0.350 e. The maximum atomic E-state index is 13.0. The molecule has 0 aliphatic carbocycles. The summed E-state index contributed by atoms with van der Waals surface area (Å²) in [6.45, 7) is 6.36. The van der Waals surface area contributed by atoms with Gasteiger partial charge in [-0.2, -0.15) is 0 Å². The fourth-order valence-corrected chi connectivity index (χ4v) is 3.64. The van der Waals surface area contributed by atoms with Crippen LogP contribution in [0.1, 0.15) is 35.6 Å². The Kier molecular flexibility index (Phi) is 5.83. The van der Waals surface area contributed by atoms with Crippen molar-refractivity contribution < 1.29 is 23.5 Å². The monoisotopic (exact) mass is 416 g/mol. The predicted molar refractivity (Wildman–Crippen MR) is 107 cm³/mol. The molecule has 0 fully saturated rings. The number of aryl methyl sites for hydroxylation is 1. The van der Waals surface area contributed by atoms with E-state index >= 15 is 0 Å². The Labute approximate surface area is 171 Å². The van der Waals surface area contributed by atoms with Gasteiger partial charge in [0, 0.05) is 28.5 Å². The van der Waals surface area contributed by atoms with Crippen molar-refractivity contribution in [3.63, 3.8) is 0 Å². The summed E-state index contributed by atoms with van der Waals surface area (Å²) in [4.78, 5) is 29.3. The molecule has 0 aliphatic heterocycles. The van der Waals surface area contributed by atoms with E-state index in [9.17, 15) is 14.0 Å². The van der Waals surface area contributed by atoms with Gasteiger partial charge < -0.3 is 9.47 Å². The molecule has 2 heterocycles. The van der Waals surface area contributed by atoms with E-state index in [0.29, 0.717) is 11.3 Å². The Hall–Kier alpha value is -3.00. The van der Waals surface area contributed by atoms with Gasteiger partial charge in [0.05, 0.1) is 0 Å². The molecular formula is C21H21FN2O4S. The largest absolute Gasteiger partial charge is 0.476 e. The number of aromatic nitrogens is 2. The van der Waals surface area contributed by atoms with Gasteiger partial charge >= 0.3 is 5.97 Å². The van der Waals surface area contributed by atoms with Gasteiger partial charge in [-0.15, -0.1) is 11.3 Å². The van der Waals surface area contributed by atoms with Crippen LogP contribution in [0.3, 0.4) is 0 Å². The lowest BCUT2D eigenvalue weighted by molar-refractivity contribution is -0.158. The average molecular weight is 416 g/mol. The number of nitrogens with zero attached hydrogens (tertiary/aromatic N) is 2. The molecule has 29 heavy (non-hydrogen) atoms. The minimum atomic E-state index is -1.34. The van der Waals surface area contributed by atoms with Gasteiger partial charge in [-0.05, 0) is 58.0 Å². The van der Waals surface area contributed by atoms with Crippen molar-refractivity contribution in [2.24, 2.45) is 0 Å². The van der Waals surface area contributed by atoms with Crippen LogP contribution in [0.15, 0.2) is 41.9 Å². The molecule has 0 bridgehead atoms. The molecule has 8 heteroatoms. The second kappa shape index (κ2) is 8.16. The van der Waals surface area contributed by atoms with Crippen LogP contribution in [0.5, 0.6) is 5.75 Å². The number of hydrogen-bond donors (Lipinski definition) is 0. The van der Waals surface area contributed by atoms with Crippen molar-refractivity contribution in [3.05, 3.63) is 64.7 Å². The van der Waals surface area contributed by atoms with Crippen molar-refractivity contribution in [1.29, 1.82) is 0 Å². The third kappa shape index (κ3) is 4.54. The molecular weight excluding hydrogens is 395 g/mol. The molecule has 0 radical (unpaired) electrons. The Morgan fingerprint density at radius 2 is 1.90 bits per heavy atom. The lowest BCUT2D eigenvalue weighted by Gasteiger charge is -2.24. The minimum absolute atomic E-state index is 0.313. The van der Waals surface area contributed by atoms with Crippen LogP contribution >= 0.6 is 11.3 Å². The molecule has 0 saturated heterocycles. The van der Waals surface area contributed by atoms with Crippen LogP contribution < -0.4 is 4.74 Å². The lowest BCUT2D eigenvalue weighted by Crippen LogP contribution is -2.40. The fourth-order valence-electron chi connectivity index (χ4n) is 2.89. The quantitative estimate of drug-likeness (QED) is 0.425. The van der Waals surface area contributed by atoms with Gasteiger partial charge in [0.2, 0.25) is 5.78 Å². The summed E-state index contributed by atoms with van der Waals surface area (Å²) < 4.78 is 25.7. The summed E-state index contributed by atoms with van der Waals surface area (Å²) in [5.41, 5.74) is 0.741. The number of rotatable bonds is 7. The highest BCUT2D eigenvalue weighted by Crippen LogP contribution is 2.23. The molecule has 0 amide bonds. The van der Waals surface area contributed by atoms with Gasteiger partial charge in [-0.1, -0.05) is 0 Å². The molecule has 1 aromatic carbocycles. The molecule has 0 unspecified atom stereocenters. The van der Waals surface area contributed by atoms with Crippen molar-refractivity contribution in [1.82, 2.24) is 9.55 Å². The first kappa shape index (κ1) is 20.7. The molecule has 0 aliphatic rings. The zero-order valence-corrected chi connectivity index (χ0v) is 17.4. The van der Waals surface area contributed by atoms with Crippen molar-refractivity contribution in [2.45, 2.75) is 33.3 Å². The minimum Gasteiger partial charge on any atom is -0.476 e. The van der Waals surface area contributed by atoms with E-state index in [-0.39, 0.29) is 5.78 Å². The number of benzene rings is 1. The summed E-state index contributed by atoms with van der Waals surface area (Å²) in [5.74, 6) is -1.08. The number of Topliss-reactive ketones (excluding diaryl/α,β-unsaturated/α-hetero) is 1. The molecule has 152 valence electrons. The number of hydrogen-bond acceptors (Lipinski definition) is 6. The summed E-state index contributed by atoms with van der Waals surface area (Å²) in [6.07, 6.45) is 1.70. The van der Waals surface area contributed by atoms with E-state index < -0.39 is 24.0 Å². The van der Waals surface area contributed by atoms with E-state index in [1.807, 2.05) is 23.8 Å². The summed E-state index contributed by atoms with van der Waals surface area (Å²) in [5, 5.41) is 2.63. The second-order valence-electron chi connectivity index (χ2n) is 7.00. The van der Waals surface area contributed by atoms with Crippen LogP contribution in [0.2, 0.25) is 0 Å². The molecule has 6 nitrogen and oxygen atoms in total. The maximum absolute atomic E-state index is 13.0. The summed E-state index contributed by atoms with van der Waals surface area (Å²) >= 11 is 1.47. The number of ketones is 1. The fraction of sp³-hybridized carbons (Fsp3) is 0.286. The highest BCUT2D eigenvalue weighted by atomic mass is 32.1. The SMILES string of the molecule is Cc1cc(C(=O)COC(=O)C(C)(C)Oc2ccc(F)cc2)c(C)n1-c1nccs1. The topological polar surface area (TPSA) is 70.4 Å². The molecule has 3 aromatic rings.